The van der Waals surface area contributed by atoms with Crippen molar-refractivity contribution in [1.29, 1.82) is 0 Å². The van der Waals surface area contributed by atoms with Gasteiger partial charge in [-0.3, -0.25) is 0 Å². The van der Waals surface area contributed by atoms with Gasteiger partial charge in [0, 0.05) is 32.4 Å². The van der Waals surface area contributed by atoms with Gasteiger partial charge >= 0.3 is 0 Å². The summed E-state index contributed by atoms with van der Waals surface area (Å²) in [7, 11) is 3.85. The number of rotatable bonds is 3. The van der Waals surface area contributed by atoms with Crippen LogP contribution < -0.4 is 10.6 Å². The number of nitrogens with zero attached hydrogens (tertiary/aromatic N) is 3. The van der Waals surface area contributed by atoms with E-state index < -0.39 is 0 Å². The Morgan fingerprint density at radius 3 is 2.33 bits per heavy atom. The number of benzene rings is 1. The van der Waals surface area contributed by atoms with Crippen molar-refractivity contribution in [2.75, 3.05) is 19.0 Å². The van der Waals surface area contributed by atoms with E-state index in [0.717, 1.165) is 16.8 Å². The molecule has 5 heteroatoms. The van der Waals surface area contributed by atoms with Crippen molar-refractivity contribution in [3.8, 4) is 11.3 Å². The van der Waals surface area contributed by atoms with Crippen molar-refractivity contribution in [1.82, 2.24) is 9.97 Å². The Balaban J connectivity index is 0.00000162. The van der Waals surface area contributed by atoms with E-state index in [1.807, 2.05) is 49.3 Å². The van der Waals surface area contributed by atoms with Crippen LogP contribution in [0.5, 0.6) is 0 Å². The van der Waals surface area contributed by atoms with Crippen molar-refractivity contribution in [2.24, 2.45) is 5.73 Å². The van der Waals surface area contributed by atoms with E-state index in [-0.39, 0.29) is 12.4 Å². The Kier molecular flexibility index (Phi) is 5.07. The molecule has 18 heavy (non-hydrogen) atoms. The lowest BCUT2D eigenvalue weighted by molar-refractivity contribution is 1.00. The molecule has 0 aliphatic carbocycles. The van der Waals surface area contributed by atoms with E-state index in [1.165, 1.54) is 0 Å². The molecule has 1 heterocycles. The van der Waals surface area contributed by atoms with Gasteiger partial charge in [-0.15, -0.1) is 12.4 Å². The minimum Gasteiger partial charge on any atom is -0.347 e. The van der Waals surface area contributed by atoms with Crippen LogP contribution in [0.1, 0.15) is 5.56 Å². The van der Waals surface area contributed by atoms with E-state index in [9.17, 15) is 0 Å². The molecular weight excluding hydrogens is 248 g/mol. The molecule has 4 nitrogen and oxygen atoms in total. The molecule has 0 aliphatic rings. The second-order valence-corrected chi connectivity index (χ2v) is 4.04. The van der Waals surface area contributed by atoms with Crippen molar-refractivity contribution >= 4 is 18.4 Å². The second kappa shape index (κ2) is 6.33. The van der Waals surface area contributed by atoms with Gasteiger partial charge in [0.1, 0.15) is 0 Å². The van der Waals surface area contributed by atoms with Gasteiger partial charge in [-0.1, -0.05) is 24.3 Å². The molecule has 0 radical (unpaired) electrons. The summed E-state index contributed by atoms with van der Waals surface area (Å²) in [6, 6.07) is 10.0. The van der Waals surface area contributed by atoms with Crippen molar-refractivity contribution < 1.29 is 0 Å². The summed E-state index contributed by atoms with van der Waals surface area (Å²) in [5, 5.41) is 0. The normalized spacial score (nSPS) is 9.72. The Morgan fingerprint density at radius 1 is 1.11 bits per heavy atom. The SMILES string of the molecule is CN(C)c1nccc(-c2ccc(CN)cc2)n1.Cl. The maximum Gasteiger partial charge on any atom is 0.225 e. The molecule has 0 spiro atoms. The average Bonchev–Trinajstić information content (AvgIpc) is 2.39. The highest BCUT2D eigenvalue weighted by atomic mass is 35.5. The third-order valence-corrected chi connectivity index (χ3v) is 2.53. The second-order valence-electron chi connectivity index (χ2n) is 4.04. The van der Waals surface area contributed by atoms with Gasteiger partial charge in [0.2, 0.25) is 5.95 Å². The highest BCUT2D eigenvalue weighted by Gasteiger charge is 2.03. The first-order valence-corrected chi connectivity index (χ1v) is 5.50. The van der Waals surface area contributed by atoms with Gasteiger partial charge in [-0.05, 0) is 11.6 Å². The van der Waals surface area contributed by atoms with Gasteiger partial charge in [-0.2, -0.15) is 0 Å². The van der Waals surface area contributed by atoms with Gasteiger partial charge in [0.25, 0.3) is 0 Å². The molecule has 0 fully saturated rings. The fourth-order valence-electron chi connectivity index (χ4n) is 1.54. The zero-order valence-corrected chi connectivity index (χ0v) is 11.3. The quantitative estimate of drug-likeness (QED) is 0.922. The largest absolute Gasteiger partial charge is 0.347 e. The fraction of sp³-hybridized carbons (Fsp3) is 0.231. The van der Waals surface area contributed by atoms with E-state index in [0.29, 0.717) is 12.5 Å². The number of aromatic nitrogens is 2. The lowest BCUT2D eigenvalue weighted by Gasteiger charge is -2.10. The Labute approximate surface area is 113 Å². The van der Waals surface area contributed by atoms with Crippen LogP contribution in [-0.4, -0.2) is 24.1 Å². The molecule has 2 aromatic rings. The van der Waals surface area contributed by atoms with Gasteiger partial charge < -0.3 is 10.6 Å². The van der Waals surface area contributed by atoms with Crippen LogP contribution in [0.2, 0.25) is 0 Å². The van der Waals surface area contributed by atoms with E-state index in [4.69, 9.17) is 5.73 Å². The molecule has 2 rings (SSSR count). The number of nitrogens with two attached hydrogens (primary N) is 1. The summed E-state index contributed by atoms with van der Waals surface area (Å²) < 4.78 is 0. The topological polar surface area (TPSA) is 55.0 Å². The smallest absolute Gasteiger partial charge is 0.225 e. The molecule has 0 saturated carbocycles. The Hall–Kier alpha value is -1.65. The predicted molar refractivity (Wildman–Crippen MR) is 76.9 cm³/mol. The Bertz CT molecular complexity index is 497. The van der Waals surface area contributed by atoms with Crippen LogP contribution in [0.4, 0.5) is 5.95 Å². The standard InChI is InChI=1S/C13H16N4.ClH/c1-17(2)13-15-8-7-12(16-13)11-5-3-10(9-14)4-6-11;/h3-8H,9,14H2,1-2H3;1H. The highest BCUT2D eigenvalue weighted by molar-refractivity contribution is 5.85. The van der Waals surface area contributed by atoms with Crippen molar-refractivity contribution in [3.05, 3.63) is 42.1 Å². The first kappa shape index (κ1) is 14.4. The van der Waals surface area contributed by atoms with Crippen LogP contribution in [-0.2, 0) is 6.54 Å². The number of halogens is 1. The van der Waals surface area contributed by atoms with Crippen molar-refractivity contribution in [3.63, 3.8) is 0 Å². The van der Waals surface area contributed by atoms with Crippen molar-refractivity contribution in [2.45, 2.75) is 6.54 Å². The summed E-state index contributed by atoms with van der Waals surface area (Å²) in [5.74, 6) is 0.713. The lowest BCUT2D eigenvalue weighted by atomic mass is 10.1. The molecular formula is C13H17ClN4. The average molecular weight is 265 g/mol. The molecule has 2 N–H and O–H groups in total. The molecule has 0 amide bonds. The third-order valence-electron chi connectivity index (χ3n) is 2.53. The summed E-state index contributed by atoms with van der Waals surface area (Å²) in [4.78, 5) is 10.6. The Morgan fingerprint density at radius 2 is 1.78 bits per heavy atom. The zero-order chi connectivity index (χ0) is 12.3. The molecule has 0 unspecified atom stereocenters. The summed E-state index contributed by atoms with van der Waals surface area (Å²) >= 11 is 0. The monoisotopic (exact) mass is 264 g/mol. The fourth-order valence-corrected chi connectivity index (χ4v) is 1.54. The number of hydrogen-bond donors (Lipinski definition) is 1. The van der Waals surface area contributed by atoms with Crippen LogP contribution in [0.15, 0.2) is 36.5 Å². The molecule has 0 atom stereocenters. The molecule has 0 saturated heterocycles. The molecule has 96 valence electrons. The van der Waals surface area contributed by atoms with Crippen LogP contribution >= 0.6 is 12.4 Å². The summed E-state index contributed by atoms with van der Waals surface area (Å²) in [5.41, 5.74) is 8.69. The maximum absolute atomic E-state index is 5.57. The van der Waals surface area contributed by atoms with Gasteiger partial charge in [0.15, 0.2) is 0 Å². The first-order valence-electron chi connectivity index (χ1n) is 5.50. The van der Waals surface area contributed by atoms with Gasteiger partial charge in [0.05, 0.1) is 5.69 Å². The summed E-state index contributed by atoms with van der Waals surface area (Å²) in [6.45, 7) is 0.563. The molecule has 1 aromatic carbocycles. The molecule has 1 aromatic heterocycles. The minimum atomic E-state index is 0. The molecule has 0 bridgehead atoms. The van der Waals surface area contributed by atoms with E-state index >= 15 is 0 Å². The zero-order valence-electron chi connectivity index (χ0n) is 10.5. The van der Waals surface area contributed by atoms with Crippen LogP contribution in [0, 0.1) is 0 Å². The predicted octanol–water partition coefficient (Wildman–Crippen LogP) is 2.09. The van der Waals surface area contributed by atoms with Crippen LogP contribution in [0.25, 0.3) is 11.3 Å². The van der Waals surface area contributed by atoms with Crippen LogP contribution in [0.3, 0.4) is 0 Å². The number of anilines is 1. The highest BCUT2D eigenvalue weighted by Crippen LogP contribution is 2.18. The third kappa shape index (κ3) is 3.18. The first-order chi connectivity index (χ1) is 8.20. The molecule has 0 aliphatic heterocycles. The summed E-state index contributed by atoms with van der Waals surface area (Å²) in [6.07, 6.45) is 1.77. The van der Waals surface area contributed by atoms with E-state index in [1.54, 1.807) is 6.20 Å². The van der Waals surface area contributed by atoms with E-state index in [2.05, 4.69) is 9.97 Å². The number of hydrogen-bond acceptors (Lipinski definition) is 4. The lowest BCUT2D eigenvalue weighted by Crippen LogP contribution is -2.12. The van der Waals surface area contributed by atoms with Gasteiger partial charge in [-0.25, -0.2) is 9.97 Å². The maximum atomic E-state index is 5.57. The minimum absolute atomic E-state index is 0.